The molecule has 3 rings (SSSR count). The van der Waals surface area contributed by atoms with E-state index in [-0.39, 0.29) is 6.04 Å². The maximum absolute atomic E-state index is 6.14. The Hall–Kier alpha value is -1.14. The minimum Gasteiger partial charge on any atom is -0.335 e. The molecule has 3 N–H and O–H groups in total. The quantitative estimate of drug-likeness (QED) is 0.850. The van der Waals surface area contributed by atoms with Crippen molar-refractivity contribution in [2.75, 3.05) is 31.1 Å². The molecule has 6 heteroatoms. The number of H-pyrrole nitrogens is 1. The molecular weight excluding hydrogens is 252 g/mol. The first kappa shape index (κ1) is 13.8. The second kappa shape index (κ2) is 6.10. The van der Waals surface area contributed by atoms with E-state index >= 15 is 0 Å². The van der Waals surface area contributed by atoms with E-state index in [9.17, 15) is 0 Å². The molecular formula is C14H26N6. The fourth-order valence-electron chi connectivity index (χ4n) is 3.25. The topological polar surface area (TPSA) is 74.1 Å². The average Bonchev–Trinajstić information content (AvgIpc) is 3.10. The molecule has 2 aliphatic heterocycles. The predicted octanol–water partition coefficient (Wildman–Crippen LogP) is 0.759. The maximum atomic E-state index is 6.14. The van der Waals surface area contributed by atoms with Crippen LogP contribution in [0, 0.1) is 0 Å². The van der Waals surface area contributed by atoms with Crippen LogP contribution in [-0.2, 0) is 6.42 Å². The number of anilines is 1. The third-order valence-corrected chi connectivity index (χ3v) is 4.69. The average molecular weight is 278 g/mol. The number of nitrogens with one attached hydrogen (secondary N) is 1. The van der Waals surface area contributed by atoms with Crippen LogP contribution in [-0.4, -0.2) is 58.3 Å². The summed E-state index contributed by atoms with van der Waals surface area (Å²) in [5.74, 6) is 1.82. The summed E-state index contributed by atoms with van der Waals surface area (Å²) in [5, 5.41) is 7.48. The van der Waals surface area contributed by atoms with Gasteiger partial charge >= 0.3 is 0 Å². The Morgan fingerprint density at radius 2 is 2.05 bits per heavy atom. The maximum Gasteiger partial charge on any atom is 0.244 e. The van der Waals surface area contributed by atoms with Crippen molar-refractivity contribution in [2.24, 2.45) is 5.73 Å². The number of piperidine rings is 1. The van der Waals surface area contributed by atoms with E-state index in [1.807, 2.05) is 0 Å². The molecule has 2 unspecified atom stereocenters. The van der Waals surface area contributed by atoms with Gasteiger partial charge in [0.25, 0.3) is 0 Å². The highest BCUT2D eigenvalue weighted by Crippen LogP contribution is 2.20. The van der Waals surface area contributed by atoms with E-state index in [0.717, 1.165) is 44.1 Å². The zero-order valence-electron chi connectivity index (χ0n) is 12.4. The summed E-state index contributed by atoms with van der Waals surface area (Å²) < 4.78 is 0. The van der Waals surface area contributed by atoms with E-state index in [1.165, 1.54) is 25.9 Å². The first-order valence-electron chi connectivity index (χ1n) is 7.90. The summed E-state index contributed by atoms with van der Waals surface area (Å²) in [6.45, 7) is 6.74. The highest BCUT2D eigenvalue weighted by atomic mass is 15.4. The van der Waals surface area contributed by atoms with Gasteiger partial charge < -0.3 is 15.5 Å². The number of aromatic amines is 1. The van der Waals surface area contributed by atoms with Gasteiger partial charge in [0.15, 0.2) is 0 Å². The van der Waals surface area contributed by atoms with Gasteiger partial charge in [-0.2, -0.15) is 4.98 Å². The van der Waals surface area contributed by atoms with Gasteiger partial charge in [-0.1, -0.05) is 0 Å². The van der Waals surface area contributed by atoms with Crippen molar-refractivity contribution < 1.29 is 0 Å². The predicted molar refractivity (Wildman–Crippen MR) is 79.8 cm³/mol. The smallest absolute Gasteiger partial charge is 0.244 e. The van der Waals surface area contributed by atoms with Gasteiger partial charge in [0.1, 0.15) is 5.82 Å². The normalized spacial score (nSPS) is 28.2. The molecule has 0 aromatic carbocycles. The van der Waals surface area contributed by atoms with Gasteiger partial charge in [-0.05, 0) is 45.7 Å². The number of nitrogens with zero attached hydrogens (tertiary/aromatic N) is 4. The number of rotatable bonds is 4. The molecule has 6 nitrogen and oxygen atoms in total. The minimum absolute atomic E-state index is 0.232. The molecule has 0 aliphatic carbocycles. The molecule has 0 spiro atoms. The molecule has 20 heavy (non-hydrogen) atoms. The standard InChI is InChI=1S/C14H26N6/c1-11-12(15)5-4-9-20(11)14-16-13(17-18-14)6-10-19-7-2-3-8-19/h11-12H,2-10,15H2,1H3,(H,16,17,18). The Morgan fingerprint density at radius 3 is 2.85 bits per heavy atom. The lowest BCUT2D eigenvalue weighted by Crippen LogP contribution is -2.51. The molecule has 2 fully saturated rings. The number of hydrogen-bond donors (Lipinski definition) is 2. The molecule has 1 aromatic heterocycles. The fourth-order valence-corrected chi connectivity index (χ4v) is 3.25. The van der Waals surface area contributed by atoms with Crippen molar-refractivity contribution in [3.8, 4) is 0 Å². The number of likely N-dealkylation sites (tertiary alicyclic amines) is 1. The first-order valence-corrected chi connectivity index (χ1v) is 7.90. The lowest BCUT2D eigenvalue weighted by Gasteiger charge is -2.36. The number of aromatic nitrogens is 3. The van der Waals surface area contributed by atoms with Crippen LogP contribution in [0.4, 0.5) is 5.95 Å². The third-order valence-electron chi connectivity index (χ3n) is 4.69. The summed E-state index contributed by atoms with van der Waals surface area (Å²) in [5.41, 5.74) is 6.14. The number of hydrogen-bond acceptors (Lipinski definition) is 5. The lowest BCUT2D eigenvalue weighted by atomic mass is 9.99. The molecule has 2 aliphatic rings. The van der Waals surface area contributed by atoms with Crippen molar-refractivity contribution in [1.29, 1.82) is 0 Å². The Labute approximate surface area is 120 Å². The highest BCUT2D eigenvalue weighted by Gasteiger charge is 2.27. The van der Waals surface area contributed by atoms with Gasteiger partial charge in [-0.25, -0.2) is 0 Å². The van der Waals surface area contributed by atoms with E-state index in [0.29, 0.717) is 6.04 Å². The van der Waals surface area contributed by atoms with Crippen LogP contribution in [0.2, 0.25) is 0 Å². The monoisotopic (exact) mass is 278 g/mol. The van der Waals surface area contributed by atoms with Crippen LogP contribution < -0.4 is 10.6 Å². The molecule has 0 bridgehead atoms. The second-order valence-electron chi connectivity index (χ2n) is 6.12. The zero-order chi connectivity index (χ0) is 13.9. The molecule has 1 aromatic rings. The molecule has 2 saturated heterocycles. The largest absolute Gasteiger partial charge is 0.335 e. The van der Waals surface area contributed by atoms with Crippen LogP contribution in [0.15, 0.2) is 0 Å². The highest BCUT2D eigenvalue weighted by molar-refractivity contribution is 5.32. The van der Waals surface area contributed by atoms with Crippen LogP contribution in [0.5, 0.6) is 0 Å². The molecule has 0 saturated carbocycles. The van der Waals surface area contributed by atoms with Crippen molar-refractivity contribution in [3.63, 3.8) is 0 Å². The zero-order valence-corrected chi connectivity index (χ0v) is 12.4. The van der Waals surface area contributed by atoms with Gasteiger partial charge in [-0.3, -0.25) is 5.10 Å². The molecule has 2 atom stereocenters. The SMILES string of the molecule is CC1C(N)CCCN1c1n[nH]c(CCN2CCCC2)n1. The minimum atomic E-state index is 0.232. The summed E-state index contributed by atoms with van der Waals surface area (Å²) in [7, 11) is 0. The Kier molecular flexibility index (Phi) is 4.21. The molecule has 0 radical (unpaired) electrons. The summed E-state index contributed by atoms with van der Waals surface area (Å²) >= 11 is 0. The van der Waals surface area contributed by atoms with Gasteiger partial charge in [0, 0.05) is 31.6 Å². The van der Waals surface area contributed by atoms with Crippen LogP contribution in [0.25, 0.3) is 0 Å². The van der Waals surface area contributed by atoms with E-state index in [1.54, 1.807) is 0 Å². The van der Waals surface area contributed by atoms with Gasteiger partial charge in [0.05, 0.1) is 0 Å². The van der Waals surface area contributed by atoms with Crippen molar-refractivity contribution >= 4 is 5.95 Å². The van der Waals surface area contributed by atoms with Crippen LogP contribution in [0.1, 0.15) is 38.4 Å². The van der Waals surface area contributed by atoms with Crippen LogP contribution >= 0.6 is 0 Å². The Bertz CT molecular complexity index is 425. The van der Waals surface area contributed by atoms with Gasteiger partial charge in [-0.15, -0.1) is 5.10 Å². The number of nitrogens with two attached hydrogens (primary N) is 1. The van der Waals surface area contributed by atoms with E-state index in [4.69, 9.17) is 5.73 Å². The summed E-state index contributed by atoms with van der Waals surface area (Å²) in [6.07, 6.45) is 5.87. The van der Waals surface area contributed by atoms with E-state index < -0.39 is 0 Å². The van der Waals surface area contributed by atoms with Gasteiger partial charge in [0.2, 0.25) is 5.95 Å². The Morgan fingerprint density at radius 1 is 1.25 bits per heavy atom. The van der Waals surface area contributed by atoms with E-state index in [2.05, 4.69) is 31.9 Å². The van der Waals surface area contributed by atoms with Crippen molar-refractivity contribution in [1.82, 2.24) is 20.1 Å². The lowest BCUT2D eigenvalue weighted by molar-refractivity contribution is 0.341. The Balaban J connectivity index is 1.58. The van der Waals surface area contributed by atoms with Crippen molar-refractivity contribution in [2.45, 2.75) is 51.1 Å². The second-order valence-corrected chi connectivity index (χ2v) is 6.12. The molecule has 0 amide bonds. The first-order chi connectivity index (χ1) is 9.74. The molecule has 112 valence electrons. The fraction of sp³-hybridized carbons (Fsp3) is 0.857. The summed E-state index contributed by atoms with van der Waals surface area (Å²) in [4.78, 5) is 9.40. The third kappa shape index (κ3) is 2.96. The summed E-state index contributed by atoms with van der Waals surface area (Å²) in [6, 6.07) is 0.557. The van der Waals surface area contributed by atoms with Crippen molar-refractivity contribution in [3.05, 3.63) is 5.82 Å². The molecule has 3 heterocycles. The van der Waals surface area contributed by atoms with Crippen LogP contribution in [0.3, 0.4) is 0 Å².